The lowest BCUT2D eigenvalue weighted by molar-refractivity contribution is 0.536. The number of sulfonamides is 1. The Bertz CT molecular complexity index is 718. The first-order valence-electron chi connectivity index (χ1n) is 7.13. The van der Waals surface area contributed by atoms with Crippen molar-refractivity contribution in [2.75, 3.05) is 16.6 Å². The van der Waals surface area contributed by atoms with Crippen LogP contribution in [0, 0.1) is 0 Å². The third kappa shape index (κ3) is 2.42. The van der Waals surface area contributed by atoms with Crippen LogP contribution >= 0.6 is 0 Å². The number of anilines is 1. The molecule has 1 aliphatic rings. The van der Waals surface area contributed by atoms with Crippen LogP contribution in [0.15, 0.2) is 28.7 Å². The summed E-state index contributed by atoms with van der Waals surface area (Å²) in [6.45, 7) is 2.73. The fraction of sp³-hybridized carbons (Fsp3) is 0.467. The molecule has 0 N–H and O–H groups in total. The molecule has 1 aromatic carbocycles. The molecular weight excluding hydrogens is 274 g/mol. The minimum Gasteiger partial charge on any atom is -0.461 e. The quantitative estimate of drug-likeness (QED) is 0.869. The predicted octanol–water partition coefficient (Wildman–Crippen LogP) is 3.32. The Kier molecular flexibility index (Phi) is 3.46. The summed E-state index contributed by atoms with van der Waals surface area (Å²) in [5.41, 5.74) is 1.58. The smallest absolute Gasteiger partial charge is 0.235 e. The molecular formula is C15H19NO3S. The molecule has 0 atom stereocenters. The molecule has 2 heterocycles. The van der Waals surface area contributed by atoms with Crippen LogP contribution < -0.4 is 4.31 Å². The number of furan rings is 1. The highest BCUT2D eigenvalue weighted by molar-refractivity contribution is 7.93. The molecule has 1 aliphatic heterocycles. The van der Waals surface area contributed by atoms with E-state index in [2.05, 4.69) is 6.92 Å². The van der Waals surface area contributed by atoms with E-state index in [9.17, 15) is 8.42 Å². The van der Waals surface area contributed by atoms with Gasteiger partial charge >= 0.3 is 0 Å². The van der Waals surface area contributed by atoms with Crippen molar-refractivity contribution in [2.24, 2.45) is 0 Å². The number of fused-ring (bicyclic) bond motifs is 1. The van der Waals surface area contributed by atoms with Crippen molar-refractivity contribution in [3.63, 3.8) is 0 Å². The summed E-state index contributed by atoms with van der Waals surface area (Å²) in [6, 6.07) is 7.64. The van der Waals surface area contributed by atoms with E-state index in [0.29, 0.717) is 13.0 Å². The summed E-state index contributed by atoms with van der Waals surface area (Å²) in [7, 11) is -3.11. The van der Waals surface area contributed by atoms with Crippen LogP contribution in [0.25, 0.3) is 11.0 Å². The number of rotatable bonds is 4. The lowest BCUT2D eigenvalue weighted by atomic mass is 10.2. The summed E-state index contributed by atoms with van der Waals surface area (Å²) >= 11 is 0. The van der Waals surface area contributed by atoms with Gasteiger partial charge in [-0.05, 0) is 37.1 Å². The summed E-state index contributed by atoms with van der Waals surface area (Å²) in [6.07, 6.45) is 3.87. The van der Waals surface area contributed by atoms with Gasteiger partial charge in [-0.1, -0.05) is 13.3 Å². The Balaban J connectivity index is 1.94. The fourth-order valence-corrected chi connectivity index (χ4v) is 4.20. The molecule has 0 amide bonds. The van der Waals surface area contributed by atoms with Gasteiger partial charge in [-0.3, -0.25) is 4.31 Å². The topological polar surface area (TPSA) is 50.5 Å². The molecule has 108 valence electrons. The Hall–Kier alpha value is -1.49. The summed E-state index contributed by atoms with van der Waals surface area (Å²) in [5.74, 6) is 1.22. The van der Waals surface area contributed by atoms with Crippen LogP contribution in [-0.4, -0.2) is 20.7 Å². The molecule has 1 saturated heterocycles. The number of unbranched alkanes of at least 4 members (excludes halogenated alkanes) is 1. The Morgan fingerprint density at radius 2 is 2.15 bits per heavy atom. The molecule has 0 radical (unpaired) electrons. The summed E-state index contributed by atoms with van der Waals surface area (Å²) < 4.78 is 31.2. The van der Waals surface area contributed by atoms with Gasteiger partial charge in [-0.15, -0.1) is 0 Å². The molecule has 0 spiro atoms. The van der Waals surface area contributed by atoms with Crippen molar-refractivity contribution in [1.82, 2.24) is 0 Å². The number of aryl methyl sites for hydroxylation is 1. The van der Waals surface area contributed by atoms with E-state index < -0.39 is 10.0 Å². The van der Waals surface area contributed by atoms with Gasteiger partial charge < -0.3 is 4.42 Å². The van der Waals surface area contributed by atoms with Gasteiger partial charge in [0, 0.05) is 18.4 Å². The maximum atomic E-state index is 11.9. The van der Waals surface area contributed by atoms with Gasteiger partial charge in [-0.25, -0.2) is 8.42 Å². The molecule has 20 heavy (non-hydrogen) atoms. The van der Waals surface area contributed by atoms with Crippen molar-refractivity contribution in [3.8, 4) is 0 Å². The predicted molar refractivity (Wildman–Crippen MR) is 80.6 cm³/mol. The third-order valence-electron chi connectivity index (χ3n) is 3.71. The zero-order chi connectivity index (χ0) is 14.2. The van der Waals surface area contributed by atoms with Crippen LogP contribution in [0.1, 0.15) is 31.9 Å². The first kappa shape index (κ1) is 13.5. The second kappa shape index (κ2) is 5.13. The molecule has 1 aromatic heterocycles. The highest BCUT2D eigenvalue weighted by atomic mass is 32.2. The highest BCUT2D eigenvalue weighted by Crippen LogP contribution is 2.29. The Labute approximate surface area is 119 Å². The van der Waals surface area contributed by atoms with E-state index in [0.717, 1.165) is 41.7 Å². The second-order valence-electron chi connectivity index (χ2n) is 5.28. The molecule has 4 nitrogen and oxygen atoms in total. The number of hydrogen-bond donors (Lipinski definition) is 0. The van der Waals surface area contributed by atoms with E-state index in [4.69, 9.17) is 4.42 Å². The normalized spacial score (nSPS) is 17.9. The van der Waals surface area contributed by atoms with Gasteiger partial charge in [0.1, 0.15) is 11.3 Å². The average molecular weight is 293 g/mol. The van der Waals surface area contributed by atoms with Crippen LogP contribution in [0.3, 0.4) is 0 Å². The van der Waals surface area contributed by atoms with Crippen molar-refractivity contribution in [2.45, 2.75) is 32.6 Å². The molecule has 1 fully saturated rings. The maximum absolute atomic E-state index is 11.9. The van der Waals surface area contributed by atoms with Crippen molar-refractivity contribution in [3.05, 3.63) is 30.0 Å². The van der Waals surface area contributed by atoms with E-state index in [-0.39, 0.29) is 5.75 Å². The van der Waals surface area contributed by atoms with Crippen LogP contribution in [0.5, 0.6) is 0 Å². The number of benzene rings is 1. The Morgan fingerprint density at radius 1 is 1.30 bits per heavy atom. The van der Waals surface area contributed by atoms with E-state index in [1.807, 2.05) is 24.3 Å². The van der Waals surface area contributed by atoms with E-state index in [1.54, 1.807) is 0 Å². The van der Waals surface area contributed by atoms with Crippen LogP contribution in [-0.2, 0) is 16.4 Å². The summed E-state index contributed by atoms with van der Waals surface area (Å²) in [5, 5.41) is 0.982. The summed E-state index contributed by atoms with van der Waals surface area (Å²) in [4.78, 5) is 0. The molecule has 0 bridgehead atoms. The van der Waals surface area contributed by atoms with Crippen LogP contribution in [0.2, 0.25) is 0 Å². The fourth-order valence-electron chi connectivity index (χ4n) is 2.64. The van der Waals surface area contributed by atoms with E-state index in [1.165, 1.54) is 4.31 Å². The van der Waals surface area contributed by atoms with E-state index >= 15 is 0 Å². The average Bonchev–Trinajstić information content (AvgIpc) is 2.97. The first-order chi connectivity index (χ1) is 9.60. The Morgan fingerprint density at radius 3 is 2.85 bits per heavy atom. The standard InChI is InChI=1S/C15H19NO3S/c1-2-3-5-14-11-12-10-13(6-7-15(12)19-14)16-8-4-9-20(16,17)18/h6-7,10-11H,2-5,8-9H2,1H3. The van der Waals surface area contributed by atoms with Crippen LogP contribution in [0.4, 0.5) is 5.69 Å². The third-order valence-corrected chi connectivity index (χ3v) is 5.58. The lowest BCUT2D eigenvalue weighted by Crippen LogP contribution is -2.24. The number of hydrogen-bond acceptors (Lipinski definition) is 3. The monoisotopic (exact) mass is 293 g/mol. The first-order valence-corrected chi connectivity index (χ1v) is 8.74. The molecule has 5 heteroatoms. The minimum atomic E-state index is -3.11. The van der Waals surface area contributed by atoms with Crippen molar-refractivity contribution < 1.29 is 12.8 Å². The van der Waals surface area contributed by atoms with Gasteiger partial charge in [-0.2, -0.15) is 0 Å². The largest absolute Gasteiger partial charge is 0.461 e. The second-order valence-corrected chi connectivity index (χ2v) is 7.29. The molecule has 0 saturated carbocycles. The number of nitrogens with zero attached hydrogens (tertiary/aromatic N) is 1. The SMILES string of the molecule is CCCCc1cc2cc(N3CCCS3(=O)=O)ccc2o1. The van der Waals surface area contributed by atoms with Crippen molar-refractivity contribution >= 4 is 26.7 Å². The lowest BCUT2D eigenvalue weighted by Gasteiger charge is -2.16. The maximum Gasteiger partial charge on any atom is 0.235 e. The van der Waals surface area contributed by atoms with Gasteiger partial charge in [0.15, 0.2) is 0 Å². The molecule has 0 unspecified atom stereocenters. The highest BCUT2D eigenvalue weighted by Gasteiger charge is 2.28. The van der Waals surface area contributed by atoms with Crippen molar-refractivity contribution in [1.29, 1.82) is 0 Å². The molecule has 2 aromatic rings. The van der Waals surface area contributed by atoms with Gasteiger partial charge in [0.05, 0.1) is 11.4 Å². The van der Waals surface area contributed by atoms with Gasteiger partial charge in [0.25, 0.3) is 0 Å². The molecule has 0 aliphatic carbocycles. The molecule has 3 rings (SSSR count). The van der Waals surface area contributed by atoms with Gasteiger partial charge in [0.2, 0.25) is 10.0 Å². The zero-order valence-corrected chi connectivity index (χ0v) is 12.4. The minimum absolute atomic E-state index is 0.248. The zero-order valence-electron chi connectivity index (χ0n) is 11.6.